The Balaban J connectivity index is 2.32. The van der Waals surface area contributed by atoms with Gasteiger partial charge >= 0.3 is 0 Å². The summed E-state index contributed by atoms with van der Waals surface area (Å²) in [5.41, 5.74) is 5.71. The van der Waals surface area contributed by atoms with E-state index in [1.807, 2.05) is 0 Å². The van der Waals surface area contributed by atoms with Gasteiger partial charge < -0.3 is 11.1 Å². The molecule has 1 aliphatic carbocycles. The molecular weight excluding hydrogens is 236 g/mol. The zero-order chi connectivity index (χ0) is 14.3. The lowest BCUT2D eigenvalue weighted by Gasteiger charge is -2.30. The maximum atomic E-state index is 12.2. The zero-order valence-corrected chi connectivity index (χ0v) is 13.0. The molecule has 3 nitrogen and oxygen atoms in total. The smallest absolute Gasteiger partial charge is 0.223 e. The largest absolute Gasteiger partial charge is 0.352 e. The van der Waals surface area contributed by atoms with Crippen LogP contribution in [0.2, 0.25) is 0 Å². The summed E-state index contributed by atoms with van der Waals surface area (Å²) in [5.74, 6) is 1.73. The van der Waals surface area contributed by atoms with Crippen molar-refractivity contribution in [1.29, 1.82) is 0 Å². The normalized spacial score (nSPS) is 25.3. The van der Waals surface area contributed by atoms with Gasteiger partial charge in [0.05, 0.1) is 0 Å². The van der Waals surface area contributed by atoms with Crippen LogP contribution in [0.1, 0.15) is 65.7 Å². The van der Waals surface area contributed by atoms with E-state index in [9.17, 15) is 4.79 Å². The summed E-state index contributed by atoms with van der Waals surface area (Å²) in [6, 6.07) is 0.130. The molecule has 1 aliphatic rings. The van der Waals surface area contributed by atoms with Crippen LogP contribution >= 0.6 is 0 Å². The van der Waals surface area contributed by atoms with Crippen LogP contribution in [-0.2, 0) is 4.79 Å². The van der Waals surface area contributed by atoms with Crippen molar-refractivity contribution in [3.05, 3.63) is 0 Å². The number of nitrogens with two attached hydrogens (primary N) is 1. The van der Waals surface area contributed by atoms with Crippen LogP contribution in [0.25, 0.3) is 0 Å². The van der Waals surface area contributed by atoms with Gasteiger partial charge in [-0.25, -0.2) is 0 Å². The molecule has 0 aromatic rings. The molecule has 0 aliphatic heterocycles. The summed E-state index contributed by atoms with van der Waals surface area (Å²) in [6.07, 6.45) is 8.56. The molecule has 0 heterocycles. The lowest BCUT2D eigenvalue weighted by molar-refractivity contribution is -0.127. The third-order valence-corrected chi connectivity index (χ3v) is 4.57. The maximum absolute atomic E-state index is 12.2. The molecule has 1 rings (SSSR count). The molecule has 0 aromatic heterocycles. The lowest BCUT2D eigenvalue weighted by Crippen LogP contribution is -2.46. The second-order valence-electron chi connectivity index (χ2n) is 6.45. The molecule has 1 fully saturated rings. The van der Waals surface area contributed by atoms with Crippen molar-refractivity contribution in [1.82, 2.24) is 5.32 Å². The number of carbonyl (C=O) groups excluding carboxylic acids is 1. The average molecular weight is 268 g/mol. The fourth-order valence-electron chi connectivity index (χ4n) is 3.00. The van der Waals surface area contributed by atoms with Gasteiger partial charge in [-0.05, 0) is 37.5 Å². The molecular formula is C16H32N2O. The highest BCUT2D eigenvalue weighted by atomic mass is 16.1. The molecule has 0 saturated heterocycles. The summed E-state index contributed by atoms with van der Waals surface area (Å²) in [6.45, 7) is 7.01. The van der Waals surface area contributed by atoms with Gasteiger partial charge in [-0.3, -0.25) is 4.79 Å². The first-order chi connectivity index (χ1) is 9.08. The predicted octanol–water partition coefficient (Wildman–Crippen LogP) is 3.08. The van der Waals surface area contributed by atoms with E-state index in [-0.39, 0.29) is 17.9 Å². The summed E-state index contributed by atoms with van der Waals surface area (Å²) in [4.78, 5) is 12.2. The van der Waals surface area contributed by atoms with Crippen molar-refractivity contribution < 1.29 is 4.79 Å². The van der Waals surface area contributed by atoms with Crippen LogP contribution < -0.4 is 11.1 Å². The summed E-state index contributed by atoms with van der Waals surface area (Å²) >= 11 is 0. The van der Waals surface area contributed by atoms with Gasteiger partial charge in [0.15, 0.2) is 0 Å². The first kappa shape index (κ1) is 16.5. The van der Waals surface area contributed by atoms with Gasteiger partial charge in [-0.15, -0.1) is 0 Å². The van der Waals surface area contributed by atoms with E-state index >= 15 is 0 Å². The fourth-order valence-corrected chi connectivity index (χ4v) is 3.00. The van der Waals surface area contributed by atoms with Crippen LogP contribution in [0.4, 0.5) is 0 Å². The van der Waals surface area contributed by atoms with Crippen LogP contribution in [-0.4, -0.2) is 18.5 Å². The minimum absolute atomic E-state index is 0.130. The predicted molar refractivity (Wildman–Crippen MR) is 80.8 cm³/mol. The second kappa shape index (κ2) is 8.57. The standard InChI is InChI=1S/C16H32N2O/c1-4-5-6-13-7-9-14(10-8-13)16(19)18-15(11-17)12(2)3/h12-15H,4-11,17H2,1-3H3,(H,18,19). The van der Waals surface area contributed by atoms with Crippen LogP contribution in [0.5, 0.6) is 0 Å². The molecule has 1 amide bonds. The first-order valence-corrected chi connectivity index (χ1v) is 8.08. The van der Waals surface area contributed by atoms with Gasteiger partial charge in [0, 0.05) is 18.5 Å². The number of hydrogen-bond acceptors (Lipinski definition) is 2. The van der Waals surface area contributed by atoms with E-state index in [0.29, 0.717) is 12.5 Å². The number of nitrogens with one attached hydrogen (secondary N) is 1. The molecule has 3 heteroatoms. The topological polar surface area (TPSA) is 55.1 Å². The van der Waals surface area contributed by atoms with Crippen molar-refractivity contribution >= 4 is 5.91 Å². The molecule has 0 radical (unpaired) electrons. The Morgan fingerprint density at radius 1 is 1.26 bits per heavy atom. The van der Waals surface area contributed by atoms with E-state index in [4.69, 9.17) is 5.73 Å². The van der Waals surface area contributed by atoms with Crippen molar-refractivity contribution in [2.24, 2.45) is 23.5 Å². The van der Waals surface area contributed by atoms with Crippen LogP contribution in [0, 0.1) is 17.8 Å². The Hall–Kier alpha value is -0.570. The summed E-state index contributed by atoms with van der Waals surface area (Å²) in [7, 11) is 0. The van der Waals surface area contributed by atoms with Gasteiger partial charge in [-0.2, -0.15) is 0 Å². The van der Waals surface area contributed by atoms with E-state index in [1.165, 1.54) is 32.1 Å². The van der Waals surface area contributed by atoms with Gasteiger partial charge in [-0.1, -0.05) is 40.0 Å². The Labute approximate surface area is 118 Å². The van der Waals surface area contributed by atoms with E-state index < -0.39 is 0 Å². The molecule has 19 heavy (non-hydrogen) atoms. The number of amides is 1. The third-order valence-electron chi connectivity index (χ3n) is 4.57. The fraction of sp³-hybridized carbons (Fsp3) is 0.938. The van der Waals surface area contributed by atoms with Gasteiger partial charge in [0.2, 0.25) is 5.91 Å². The second-order valence-corrected chi connectivity index (χ2v) is 6.45. The molecule has 0 spiro atoms. The Morgan fingerprint density at radius 3 is 2.37 bits per heavy atom. The monoisotopic (exact) mass is 268 g/mol. The molecule has 1 saturated carbocycles. The average Bonchev–Trinajstić information content (AvgIpc) is 2.42. The zero-order valence-electron chi connectivity index (χ0n) is 13.0. The first-order valence-electron chi connectivity index (χ1n) is 8.08. The van der Waals surface area contributed by atoms with Crippen molar-refractivity contribution in [2.45, 2.75) is 71.8 Å². The van der Waals surface area contributed by atoms with E-state index in [2.05, 4.69) is 26.1 Å². The molecule has 112 valence electrons. The van der Waals surface area contributed by atoms with Gasteiger partial charge in [0.25, 0.3) is 0 Å². The van der Waals surface area contributed by atoms with Gasteiger partial charge in [0.1, 0.15) is 0 Å². The highest BCUT2D eigenvalue weighted by Gasteiger charge is 2.27. The Morgan fingerprint density at radius 2 is 1.89 bits per heavy atom. The molecule has 1 atom stereocenters. The molecule has 0 bridgehead atoms. The minimum atomic E-state index is 0.130. The number of carbonyl (C=O) groups is 1. The Kier molecular flexibility index (Phi) is 7.44. The van der Waals surface area contributed by atoms with Crippen molar-refractivity contribution in [3.63, 3.8) is 0 Å². The third kappa shape index (κ3) is 5.52. The highest BCUT2D eigenvalue weighted by molar-refractivity contribution is 5.79. The highest BCUT2D eigenvalue weighted by Crippen LogP contribution is 2.32. The minimum Gasteiger partial charge on any atom is -0.352 e. The summed E-state index contributed by atoms with van der Waals surface area (Å²) < 4.78 is 0. The van der Waals surface area contributed by atoms with Crippen molar-refractivity contribution in [3.8, 4) is 0 Å². The van der Waals surface area contributed by atoms with Crippen LogP contribution in [0.3, 0.4) is 0 Å². The number of hydrogen-bond donors (Lipinski definition) is 2. The molecule has 1 unspecified atom stereocenters. The van der Waals surface area contributed by atoms with E-state index in [1.54, 1.807) is 0 Å². The lowest BCUT2D eigenvalue weighted by atomic mass is 9.79. The van der Waals surface area contributed by atoms with Crippen molar-refractivity contribution in [2.75, 3.05) is 6.54 Å². The summed E-state index contributed by atoms with van der Waals surface area (Å²) in [5, 5.41) is 3.13. The number of unbranched alkanes of at least 4 members (excludes halogenated alkanes) is 1. The molecule has 3 N–H and O–H groups in total. The SMILES string of the molecule is CCCCC1CCC(C(=O)NC(CN)C(C)C)CC1. The molecule has 0 aromatic carbocycles. The maximum Gasteiger partial charge on any atom is 0.223 e. The number of rotatable bonds is 7. The van der Waals surface area contributed by atoms with Crippen LogP contribution in [0.15, 0.2) is 0 Å². The van der Waals surface area contributed by atoms with E-state index in [0.717, 1.165) is 18.8 Å². The Bertz CT molecular complexity index is 257. The quantitative estimate of drug-likeness (QED) is 0.745.